The molecule has 1 saturated heterocycles. The fraction of sp³-hybridized carbons (Fsp3) is 0.667. The number of rotatable bonds is 1. The van der Waals surface area contributed by atoms with Crippen LogP contribution in [0.25, 0.3) is 0 Å². The maximum absolute atomic E-state index is 12.7. The van der Waals surface area contributed by atoms with Gasteiger partial charge in [0.15, 0.2) is 0 Å². The maximum Gasteiger partial charge on any atom is 0.226 e. The van der Waals surface area contributed by atoms with Crippen molar-refractivity contribution < 1.29 is 4.79 Å². The van der Waals surface area contributed by atoms with E-state index in [1.165, 1.54) is 10.4 Å². The van der Waals surface area contributed by atoms with E-state index in [1.54, 1.807) is 0 Å². The van der Waals surface area contributed by atoms with Gasteiger partial charge in [0.2, 0.25) is 5.91 Å². The number of amides is 1. The molecule has 1 amide bonds. The number of carbonyl (C=O) groups is 1. The molecule has 3 rings (SSSR count). The first-order valence-electron chi connectivity index (χ1n) is 7.27. The molecule has 19 heavy (non-hydrogen) atoms. The predicted molar refractivity (Wildman–Crippen MR) is 78.3 cm³/mol. The lowest BCUT2D eigenvalue weighted by atomic mass is 9.90. The lowest BCUT2D eigenvalue weighted by molar-refractivity contribution is -0.139. The van der Waals surface area contributed by atoms with E-state index in [0.717, 1.165) is 32.4 Å². The number of nitrogens with one attached hydrogen (secondary N) is 1. The van der Waals surface area contributed by atoms with Gasteiger partial charge in [0.25, 0.3) is 0 Å². The Morgan fingerprint density at radius 2 is 2.32 bits per heavy atom. The molecule has 3 heterocycles. The molecule has 1 fully saturated rings. The molecule has 104 valence electrons. The van der Waals surface area contributed by atoms with Crippen molar-refractivity contribution in [1.82, 2.24) is 10.2 Å². The zero-order valence-corrected chi connectivity index (χ0v) is 12.5. The Bertz CT molecular complexity index is 470. The normalized spacial score (nSPS) is 31.1. The van der Waals surface area contributed by atoms with E-state index in [-0.39, 0.29) is 12.0 Å². The van der Waals surface area contributed by atoms with Crippen molar-refractivity contribution in [3.8, 4) is 0 Å². The van der Waals surface area contributed by atoms with E-state index in [1.807, 2.05) is 11.3 Å². The van der Waals surface area contributed by atoms with Crippen LogP contribution in [0, 0.1) is 5.92 Å². The first-order chi connectivity index (χ1) is 9.16. The van der Waals surface area contributed by atoms with Crippen LogP contribution < -0.4 is 5.32 Å². The lowest BCUT2D eigenvalue weighted by Crippen LogP contribution is -2.46. The van der Waals surface area contributed by atoms with Gasteiger partial charge in [-0.3, -0.25) is 4.79 Å². The van der Waals surface area contributed by atoms with E-state index in [4.69, 9.17) is 0 Å². The molecule has 4 heteroatoms. The summed E-state index contributed by atoms with van der Waals surface area (Å²) in [5.74, 6) is 0.594. The number of fused-ring (bicyclic) bond motifs is 1. The Labute approximate surface area is 119 Å². The van der Waals surface area contributed by atoms with Crippen LogP contribution in [0.15, 0.2) is 11.4 Å². The predicted octanol–water partition coefficient (Wildman–Crippen LogP) is 2.58. The molecule has 0 saturated carbocycles. The van der Waals surface area contributed by atoms with Crippen molar-refractivity contribution >= 4 is 17.2 Å². The third-order valence-corrected chi connectivity index (χ3v) is 5.53. The van der Waals surface area contributed by atoms with Crippen LogP contribution in [0.4, 0.5) is 0 Å². The molecule has 1 aromatic heterocycles. The minimum absolute atomic E-state index is 0.221. The van der Waals surface area contributed by atoms with E-state index >= 15 is 0 Å². The van der Waals surface area contributed by atoms with Gasteiger partial charge in [-0.15, -0.1) is 11.3 Å². The van der Waals surface area contributed by atoms with E-state index in [9.17, 15) is 4.79 Å². The Morgan fingerprint density at radius 3 is 3.11 bits per heavy atom. The van der Waals surface area contributed by atoms with E-state index in [0.29, 0.717) is 11.9 Å². The van der Waals surface area contributed by atoms with E-state index in [2.05, 4.69) is 35.5 Å². The van der Waals surface area contributed by atoms with Crippen molar-refractivity contribution in [2.75, 3.05) is 13.1 Å². The summed E-state index contributed by atoms with van der Waals surface area (Å²) in [5.41, 5.74) is 1.37. The van der Waals surface area contributed by atoms with Crippen LogP contribution in [0.2, 0.25) is 0 Å². The largest absolute Gasteiger partial charge is 0.335 e. The number of carbonyl (C=O) groups excluding carboxylic acids is 1. The smallest absolute Gasteiger partial charge is 0.226 e. The molecule has 0 radical (unpaired) electrons. The highest BCUT2D eigenvalue weighted by atomic mass is 32.1. The highest BCUT2D eigenvalue weighted by Crippen LogP contribution is 2.34. The molecule has 0 aromatic carbocycles. The Morgan fingerprint density at radius 1 is 1.47 bits per heavy atom. The summed E-state index contributed by atoms with van der Waals surface area (Å²) in [6.45, 7) is 6.22. The summed E-state index contributed by atoms with van der Waals surface area (Å²) in [7, 11) is 0. The number of hydrogen-bond donors (Lipinski definition) is 1. The first kappa shape index (κ1) is 13.1. The second-order valence-corrected chi connectivity index (χ2v) is 6.83. The highest BCUT2D eigenvalue weighted by molar-refractivity contribution is 7.10. The van der Waals surface area contributed by atoms with Gasteiger partial charge < -0.3 is 10.2 Å². The topological polar surface area (TPSA) is 32.3 Å². The first-order valence-corrected chi connectivity index (χ1v) is 8.15. The quantitative estimate of drug-likeness (QED) is 0.856. The summed E-state index contributed by atoms with van der Waals surface area (Å²) in [4.78, 5) is 16.3. The van der Waals surface area contributed by atoms with Crippen molar-refractivity contribution in [3.63, 3.8) is 0 Å². The fourth-order valence-electron chi connectivity index (χ4n) is 3.40. The van der Waals surface area contributed by atoms with Crippen LogP contribution in [0.1, 0.15) is 43.2 Å². The standard InChI is InChI=1S/C15H22N2OS/c1-10-9-12(3-6-16-10)15(18)17-7-4-14-13(11(17)2)5-8-19-14/h5,8,10-12,16H,3-4,6-7,9H2,1-2H3. The molecule has 3 nitrogen and oxygen atoms in total. The average molecular weight is 278 g/mol. The molecule has 1 N–H and O–H groups in total. The molecule has 0 bridgehead atoms. The zero-order valence-electron chi connectivity index (χ0n) is 11.7. The Kier molecular flexibility index (Phi) is 3.63. The second kappa shape index (κ2) is 5.25. The lowest BCUT2D eigenvalue weighted by Gasteiger charge is -2.38. The van der Waals surface area contributed by atoms with Gasteiger partial charge in [0.1, 0.15) is 0 Å². The van der Waals surface area contributed by atoms with Crippen molar-refractivity contribution in [3.05, 3.63) is 21.9 Å². The average Bonchev–Trinajstić information content (AvgIpc) is 2.88. The van der Waals surface area contributed by atoms with Gasteiger partial charge in [0.05, 0.1) is 6.04 Å². The Balaban J connectivity index is 1.74. The van der Waals surface area contributed by atoms with Crippen molar-refractivity contribution in [2.24, 2.45) is 5.92 Å². The van der Waals surface area contributed by atoms with E-state index < -0.39 is 0 Å². The van der Waals surface area contributed by atoms with Crippen LogP contribution >= 0.6 is 11.3 Å². The molecular formula is C15H22N2OS. The summed E-state index contributed by atoms with van der Waals surface area (Å²) in [6.07, 6.45) is 3.00. The maximum atomic E-state index is 12.7. The van der Waals surface area contributed by atoms with Crippen LogP contribution in [0.5, 0.6) is 0 Å². The second-order valence-electron chi connectivity index (χ2n) is 5.83. The van der Waals surface area contributed by atoms with Crippen LogP contribution in [-0.4, -0.2) is 29.9 Å². The minimum atomic E-state index is 0.221. The zero-order chi connectivity index (χ0) is 13.4. The summed E-state index contributed by atoms with van der Waals surface area (Å²) < 4.78 is 0. The third-order valence-electron chi connectivity index (χ3n) is 4.53. The van der Waals surface area contributed by atoms with Gasteiger partial charge in [-0.25, -0.2) is 0 Å². The summed E-state index contributed by atoms with van der Waals surface area (Å²) in [6, 6.07) is 2.92. The van der Waals surface area contributed by atoms with Gasteiger partial charge in [-0.05, 0) is 56.7 Å². The molecule has 2 aliphatic rings. The van der Waals surface area contributed by atoms with Crippen LogP contribution in [-0.2, 0) is 11.2 Å². The molecule has 2 aliphatic heterocycles. The van der Waals surface area contributed by atoms with Gasteiger partial charge in [0, 0.05) is 23.4 Å². The van der Waals surface area contributed by atoms with Crippen molar-refractivity contribution in [2.45, 2.75) is 45.2 Å². The fourth-order valence-corrected chi connectivity index (χ4v) is 4.36. The van der Waals surface area contributed by atoms with Gasteiger partial charge in [-0.1, -0.05) is 0 Å². The highest BCUT2D eigenvalue weighted by Gasteiger charge is 2.34. The number of nitrogens with zero attached hydrogens (tertiary/aromatic N) is 1. The van der Waals surface area contributed by atoms with Crippen LogP contribution in [0.3, 0.4) is 0 Å². The molecule has 3 unspecified atom stereocenters. The monoisotopic (exact) mass is 278 g/mol. The molecular weight excluding hydrogens is 256 g/mol. The molecule has 0 spiro atoms. The van der Waals surface area contributed by atoms with Crippen molar-refractivity contribution in [1.29, 1.82) is 0 Å². The number of thiophene rings is 1. The molecule has 3 atom stereocenters. The summed E-state index contributed by atoms with van der Waals surface area (Å²) >= 11 is 1.83. The number of hydrogen-bond acceptors (Lipinski definition) is 3. The minimum Gasteiger partial charge on any atom is -0.335 e. The molecule has 0 aliphatic carbocycles. The SMILES string of the molecule is CC1CC(C(=O)N2CCc3sccc3C2C)CCN1. The van der Waals surface area contributed by atoms with Gasteiger partial charge >= 0.3 is 0 Å². The third kappa shape index (κ3) is 2.43. The summed E-state index contributed by atoms with van der Waals surface area (Å²) in [5, 5.41) is 5.58. The number of piperidine rings is 1. The molecule has 1 aromatic rings. The Hall–Kier alpha value is -0.870. The van der Waals surface area contributed by atoms with Gasteiger partial charge in [-0.2, -0.15) is 0 Å².